The topological polar surface area (TPSA) is 54.5 Å². The largest absolute Gasteiger partial charge is 0.444 e. The zero-order chi connectivity index (χ0) is 15.5. The fourth-order valence-electron chi connectivity index (χ4n) is 2.67. The summed E-state index contributed by atoms with van der Waals surface area (Å²) in [5, 5.41) is 0. The number of hydrogen-bond donors (Lipinski definition) is 0. The van der Waals surface area contributed by atoms with Crippen molar-refractivity contribution >= 4 is 21.8 Å². The summed E-state index contributed by atoms with van der Waals surface area (Å²) in [6.45, 7) is 4.10. The van der Waals surface area contributed by atoms with Crippen LogP contribution in [0.25, 0.3) is 0 Å². The Morgan fingerprint density at radius 1 is 1.32 bits per heavy atom. The zero-order valence-electron chi connectivity index (χ0n) is 12.5. The van der Waals surface area contributed by atoms with Gasteiger partial charge in [-0.2, -0.15) is 0 Å². The molecule has 0 unspecified atom stereocenters. The van der Waals surface area contributed by atoms with Gasteiger partial charge >= 0.3 is 0 Å². The van der Waals surface area contributed by atoms with E-state index in [4.69, 9.17) is 4.42 Å². The summed E-state index contributed by atoms with van der Waals surface area (Å²) in [4.78, 5) is 21.0. The number of aryl methyl sites for hydroxylation is 1. The van der Waals surface area contributed by atoms with Crippen LogP contribution < -0.4 is 0 Å². The molecule has 0 atom stereocenters. The predicted octanol–water partition coefficient (Wildman–Crippen LogP) is 2.12. The van der Waals surface area contributed by atoms with Crippen LogP contribution in [0.1, 0.15) is 22.8 Å². The molecule has 0 saturated carbocycles. The number of amides is 1. The fraction of sp³-hybridized carbons (Fsp3) is 0.467. The summed E-state index contributed by atoms with van der Waals surface area (Å²) in [5.74, 6) is 1.41. The van der Waals surface area contributed by atoms with E-state index in [1.165, 1.54) is 0 Å². The number of furan rings is 1. The van der Waals surface area contributed by atoms with Crippen molar-refractivity contribution in [2.75, 3.05) is 26.2 Å². The Balaban J connectivity index is 1.60. The molecule has 6 nitrogen and oxygen atoms in total. The lowest BCUT2D eigenvalue weighted by Crippen LogP contribution is -2.35. The van der Waals surface area contributed by atoms with Gasteiger partial charge in [-0.05, 0) is 34.5 Å². The molecule has 0 radical (unpaired) electrons. The maximum absolute atomic E-state index is 12.4. The van der Waals surface area contributed by atoms with Gasteiger partial charge in [-0.25, -0.2) is 4.98 Å². The lowest BCUT2D eigenvalue weighted by Gasteiger charge is -2.21. The average molecular weight is 367 g/mol. The van der Waals surface area contributed by atoms with Crippen LogP contribution in [-0.4, -0.2) is 51.4 Å². The first-order chi connectivity index (χ1) is 10.6. The highest BCUT2D eigenvalue weighted by molar-refractivity contribution is 9.10. The molecule has 1 aliphatic rings. The Hall–Kier alpha value is -1.60. The highest BCUT2D eigenvalue weighted by Gasteiger charge is 2.22. The first-order valence-corrected chi connectivity index (χ1v) is 8.16. The second-order valence-corrected chi connectivity index (χ2v) is 6.26. The highest BCUT2D eigenvalue weighted by Crippen LogP contribution is 2.17. The van der Waals surface area contributed by atoms with Crippen LogP contribution in [0.2, 0.25) is 0 Å². The van der Waals surface area contributed by atoms with Crippen molar-refractivity contribution in [3.05, 3.63) is 40.8 Å². The van der Waals surface area contributed by atoms with E-state index in [0.29, 0.717) is 17.0 Å². The molecular formula is C15H19BrN4O2. The van der Waals surface area contributed by atoms with Crippen molar-refractivity contribution in [2.24, 2.45) is 7.05 Å². The third kappa shape index (κ3) is 3.41. The molecule has 1 fully saturated rings. The van der Waals surface area contributed by atoms with Gasteiger partial charge in [0.1, 0.15) is 5.82 Å². The van der Waals surface area contributed by atoms with Crippen LogP contribution in [0, 0.1) is 0 Å². The van der Waals surface area contributed by atoms with E-state index in [9.17, 15) is 4.79 Å². The van der Waals surface area contributed by atoms with Crippen LogP contribution in [0.15, 0.2) is 33.6 Å². The normalized spacial score (nSPS) is 16.7. The molecule has 0 bridgehead atoms. The molecule has 0 spiro atoms. The molecule has 0 aliphatic carbocycles. The minimum atomic E-state index is -0.0375. The van der Waals surface area contributed by atoms with E-state index in [0.717, 1.165) is 38.4 Å². The van der Waals surface area contributed by atoms with E-state index < -0.39 is 0 Å². The third-order valence-corrected chi connectivity index (χ3v) is 4.37. The number of aromatic nitrogens is 2. The molecule has 118 valence electrons. The van der Waals surface area contributed by atoms with Crippen LogP contribution in [-0.2, 0) is 13.6 Å². The Morgan fingerprint density at radius 2 is 2.18 bits per heavy atom. The summed E-state index contributed by atoms with van der Waals surface area (Å²) >= 11 is 3.23. The first-order valence-electron chi connectivity index (χ1n) is 7.36. The summed E-state index contributed by atoms with van der Waals surface area (Å²) in [7, 11) is 2.00. The Morgan fingerprint density at radius 3 is 2.86 bits per heavy atom. The number of imidazole rings is 1. The van der Waals surface area contributed by atoms with Gasteiger partial charge in [0.2, 0.25) is 0 Å². The molecule has 1 aliphatic heterocycles. The van der Waals surface area contributed by atoms with E-state index in [1.807, 2.05) is 28.9 Å². The van der Waals surface area contributed by atoms with E-state index >= 15 is 0 Å². The van der Waals surface area contributed by atoms with Crippen LogP contribution in [0.3, 0.4) is 0 Å². The van der Waals surface area contributed by atoms with Crippen LogP contribution >= 0.6 is 15.9 Å². The molecule has 0 N–H and O–H groups in total. The van der Waals surface area contributed by atoms with Crippen LogP contribution in [0.4, 0.5) is 0 Å². The molecule has 2 aromatic rings. The van der Waals surface area contributed by atoms with Gasteiger partial charge in [0.15, 0.2) is 10.4 Å². The Bertz CT molecular complexity index is 652. The van der Waals surface area contributed by atoms with E-state index in [1.54, 1.807) is 12.1 Å². The first kappa shape index (κ1) is 15.3. The SMILES string of the molecule is Cn1ccnc1CN1CCCN(C(=O)c2ccc(Br)o2)CC1. The summed E-state index contributed by atoms with van der Waals surface area (Å²) in [6.07, 6.45) is 4.73. The third-order valence-electron chi connectivity index (χ3n) is 3.95. The lowest BCUT2D eigenvalue weighted by atomic mass is 10.3. The molecule has 3 heterocycles. The lowest BCUT2D eigenvalue weighted by molar-refractivity contribution is 0.0727. The Kier molecular flexibility index (Phi) is 4.63. The van der Waals surface area contributed by atoms with Gasteiger partial charge in [-0.15, -0.1) is 0 Å². The molecule has 1 saturated heterocycles. The minimum Gasteiger partial charge on any atom is -0.444 e. The molecule has 1 amide bonds. The van der Waals surface area contributed by atoms with Gasteiger partial charge in [-0.1, -0.05) is 0 Å². The number of rotatable bonds is 3. The molecule has 2 aromatic heterocycles. The van der Waals surface area contributed by atoms with E-state index in [2.05, 4.69) is 25.8 Å². The van der Waals surface area contributed by atoms with Crippen molar-refractivity contribution in [1.29, 1.82) is 0 Å². The fourth-order valence-corrected chi connectivity index (χ4v) is 2.97. The van der Waals surface area contributed by atoms with Crippen LogP contribution in [0.5, 0.6) is 0 Å². The highest BCUT2D eigenvalue weighted by atomic mass is 79.9. The zero-order valence-corrected chi connectivity index (χ0v) is 14.1. The number of hydrogen-bond acceptors (Lipinski definition) is 4. The van der Waals surface area contributed by atoms with Crippen molar-refractivity contribution in [3.8, 4) is 0 Å². The van der Waals surface area contributed by atoms with Gasteiger partial charge < -0.3 is 13.9 Å². The monoisotopic (exact) mass is 366 g/mol. The summed E-state index contributed by atoms with van der Waals surface area (Å²) in [5.41, 5.74) is 0. The second kappa shape index (κ2) is 6.66. The second-order valence-electron chi connectivity index (χ2n) is 5.48. The average Bonchev–Trinajstić information content (AvgIpc) is 3.02. The van der Waals surface area contributed by atoms with Crippen molar-refractivity contribution < 1.29 is 9.21 Å². The molecule has 0 aromatic carbocycles. The smallest absolute Gasteiger partial charge is 0.289 e. The van der Waals surface area contributed by atoms with Crippen molar-refractivity contribution in [1.82, 2.24) is 19.4 Å². The molecule has 7 heteroatoms. The van der Waals surface area contributed by atoms with Gasteiger partial charge in [-0.3, -0.25) is 9.69 Å². The van der Waals surface area contributed by atoms with E-state index in [-0.39, 0.29) is 5.91 Å². The maximum atomic E-state index is 12.4. The number of carbonyl (C=O) groups is 1. The Labute approximate surface area is 137 Å². The summed E-state index contributed by atoms with van der Waals surface area (Å²) in [6, 6.07) is 3.46. The van der Waals surface area contributed by atoms with Gasteiger partial charge in [0.05, 0.1) is 6.54 Å². The quantitative estimate of drug-likeness (QED) is 0.834. The standard InChI is InChI=1S/C15H19BrN4O2/c1-18-8-5-17-14(18)11-19-6-2-7-20(10-9-19)15(21)12-3-4-13(16)22-12/h3-5,8H,2,6-7,9-11H2,1H3. The predicted molar refractivity (Wildman–Crippen MR) is 85.4 cm³/mol. The van der Waals surface area contributed by atoms with Crippen molar-refractivity contribution in [2.45, 2.75) is 13.0 Å². The number of halogens is 1. The number of carbonyl (C=O) groups excluding carboxylic acids is 1. The van der Waals surface area contributed by atoms with Gasteiger partial charge in [0, 0.05) is 45.6 Å². The summed E-state index contributed by atoms with van der Waals surface area (Å²) < 4.78 is 7.99. The molecule has 3 rings (SSSR count). The van der Waals surface area contributed by atoms with Crippen molar-refractivity contribution in [3.63, 3.8) is 0 Å². The molecule has 22 heavy (non-hydrogen) atoms. The minimum absolute atomic E-state index is 0.0375. The maximum Gasteiger partial charge on any atom is 0.289 e. The van der Waals surface area contributed by atoms with Gasteiger partial charge in [0.25, 0.3) is 5.91 Å². The number of nitrogens with zero attached hydrogens (tertiary/aromatic N) is 4. The molecular weight excluding hydrogens is 348 g/mol.